The highest BCUT2D eigenvalue weighted by molar-refractivity contribution is 9.11. The summed E-state index contributed by atoms with van der Waals surface area (Å²) in [7, 11) is 0. The SMILES string of the molecule is CC(C)CC(NC(=O)OCc1ccccc1)C(=O)NC(CC(C)C)C(=O)NC(C=O)Cc1cc(Br)c(O)c(Br)c1. The van der Waals surface area contributed by atoms with Gasteiger partial charge in [0, 0.05) is 0 Å². The first-order chi connectivity index (χ1) is 18.9. The van der Waals surface area contributed by atoms with Gasteiger partial charge in [-0.25, -0.2) is 4.79 Å². The number of alkyl carbamates (subject to hydrolysis) is 1. The highest BCUT2D eigenvalue weighted by Crippen LogP contribution is 2.33. The monoisotopic (exact) mass is 681 g/mol. The normalized spacial score (nSPS) is 13.3. The van der Waals surface area contributed by atoms with Gasteiger partial charge in [0.1, 0.15) is 30.7 Å². The van der Waals surface area contributed by atoms with Crippen molar-refractivity contribution in [3.63, 3.8) is 0 Å². The van der Waals surface area contributed by atoms with E-state index in [-0.39, 0.29) is 30.6 Å². The van der Waals surface area contributed by atoms with Crippen molar-refractivity contribution in [1.82, 2.24) is 16.0 Å². The molecule has 0 aromatic heterocycles. The quantitative estimate of drug-likeness (QED) is 0.207. The van der Waals surface area contributed by atoms with Gasteiger partial charge in [-0.2, -0.15) is 0 Å². The molecule has 0 spiro atoms. The zero-order chi connectivity index (χ0) is 29.8. The van der Waals surface area contributed by atoms with Crippen LogP contribution >= 0.6 is 31.9 Å². The van der Waals surface area contributed by atoms with Crippen LogP contribution in [0.3, 0.4) is 0 Å². The summed E-state index contributed by atoms with van der Waals surface area (Å²) in [6, 6.07) is 9.80. The first-order valence-electron chi connectivity index (χ1n) is 13.1. The Morgan fingerprint density at radius 3 is 1.90 bits per heavy atom. The summed E-state index contributed by atoms with van der Waals surface area (Å²) in [6.45, 7) is 7.73. The van der Waals surface area contributed by atoms with Crippen LogP contribution in [0.5, 0.6) is 5.75 Å². The summed E-state index contributed by atoms with van der Waals surface area (Å²) < 4.78 is 6.18. The number of aromatic hydroxyl groups is 1. The second-order valence-corrected chi connectivity index (χ2v) is 12.2. The first kappa shape index (κ1) is 33.3. The Morgan fingerprint density at radius 1 is 0.850 bits per heavy atom. The molecule has 3 atom stereocenters. The summed E-state index contributed by atoms with van der Waals surface area (Å²) in [5, 5.41) is 18.0. The Kier molecular flexibility index (Phi) is 13.6. The summed E-state index contributed by atoms with van der Waals surface area (Å²) in [6.07, 6.45) is 0.740. The van der Waals surface area contributed by atoms with Crippen molar-refractivity contribution < 1.29 is 29.0 Å². The molecule has 2 rings (SSSR count). The number of carbonyl (C=O) groups excluding carboxylic acids is 4. The second-order valence-electron chi connectivity index (χ2n) is 10.4. The van der Waals surface area contributed by atoms with Gasteiger partial charge in [0.05, 0.1) is 15.0 Å². The van der Waals surface area contributed by atoms with E-state index in [2.05, 4.69) is 47.8 Å². The molecule has 0 bridgehead atoms. The molecule has 0 aliphatic heterocycles. The largest absolute Gasteiger partial charge is 0.506 e. The predicted molar refractivity (Wildman–Crippen MR) is 160 cm³/mol. The van der Waals surface area contributed by atoms with Gasteiger partial charge in [-0.1, -0.05) is 58.0 Å². The van der Waals surface area contributed by atoms with Crippen LogP contribution in [0.25, 0.3) is 0 Å². The molecule has 0 radical (unpaired) electrons. The molecule has 9 nitrogen and oxygen atoms in total. The smallest absolute Gasteiger partial charge is 0.408 e. The van der Waals surface area contributed by atoms with Crippen molar-refractivity contribution in [3.8, 4) is 5.75 Å². The van der Waals surface area contributed by atoms with Crippen LogP contribution < -0.4 is 16.0 Å². The fraction of sp³-hybridized carbons (Fsp3) is 0.448. The average Bonchev–Trinajstić information content (AvgIpc) is 2.89. The fourth-order valence-corrected chi connectivity index (χ4v) is 5.27. The predicted octanol–water partition coefficient (Wildman–Crippen LogP) is 5.02. The molecule has 2 aromatic carbocycles. The van der Waals surface area contributed by atoms with Gasteiger partial charge >= 0.3 is 6.09 Å². The Hall–Kier alpha value is -2.92. The molecule has 0 saturated heterocycles. The van der Waals surface area contributed by atoms with Gasteiger partial charge in [0.2, 0.25) is 11.8 Å². The number of benzene rings is 2. The number of phenolic OH excluding ortho intramolecular Hbond substituents is 1. The lowest BCUT2D eigenvalue weighted by Gasteiger charge is -2.26. The van der Waals surface area contributed by atoms with E-state index in [0.29, 0.717) is 33.6 Å². The van der Waals surface area contributed by atoms with Gasteiger partial charge in [-0.15, -0.1) is 0 Å². The molecular weight excluding hydrogens is 646 g/mol. The van der Waals surface area contributed by atoms with Gasteiger partial charge in [0.15, 0.2) is 0 Å². The van der Waals surface area contributed by atoms with Crippen molar-refractivity contribution in [2.75, 3.05) is 0 Å². The molecule has 2 aromatic rings. The zero-order valence-electron chi connectivity index (χ0n) is 23.1. The molecule has 4 N–H and O–H groups in total. The summed E-state index contributed by atoms with van der Waals surface area (Å²) in [5.41, 5.74) is 1.52. The van der Waals surface area contributed by atoms with Gasteiger partial charge in [-0.3, -0.25) is 9.59 Å². The van der Waals surface area contributed by atoms with Crippen LogP contribution in [-0.4, -0.2) is 47.4 Å². The average molecular weight is 683 g/mol. The van der Waals surface area contributed by atoms with E-state index in [9.17, 15) is 24.3 Å². The highest BCUT2D eigenvalue weighted by Gasteiger charge is 2.29. The molecule has 218 valence electrons. The Bertz CT molecular complexity index is 1140. The highest BCUT2D eigenvalue weighted by atomic mass is 79.9. The van der Waals surface area contributed by atoms with Crippen LogP contribution in [0.1, 0.15) is 51.7 Å². The van der Waals surface area contributed by atoms with E-state index in [1.807, 2.05) is 58.0 Å². The maximum atomic E-state index is 13.3. The van der Waals surface area contributed by atoms with Crippen molar-refractivity contribution in [2.24, 2.45) is 11.8 Å². The minimum Gasteiger partial charge on any atom is -0.506 e. The molecule has 0 saturated carbocycles. The second kappa shape index (κ2) is 16.4. The van der Waals surface area contributed by atoms with E-state index in [4.69, 9.17) is 4.74 Å². The standard InChI is InChI=1S/C29H37Br2N3O6/c1-17(2)10-24(27(37)32-21(15-35)12-20-13-22(30)26(36)23(31)14-20)33-28(38)25(11-18(3)4)34-29(39)40-16-19-8-6-5-7-9-19/h5-9,13-15,17-18,21,24-25,36H,10-12,16H2,1-4H3,(H,32,37)(H,33,38)(H,34,39). The number of ether oxygens (including phenoxy) is 1. The van der Waals surface area contributed by atoms with E-state index in [1.54, 1.807) is 12.1 Å². The van der Waals surface area contributed by atoms with Gasteiger partial charge < -0.3 is 30.6 Å². The number of nitrogens with one attached hydrogen (secondary N) is 3. The van der Waals surface area contributed by atoms with E-state index in [1.165, 1.54) is 0 Å². The third-order valence-corrected chi connectivity index (χ3v) is 7.10. The number of rotatable bonds is 14. The Balaban J connectivity index is 2.09. The lowest BCUT2D eigenvalue weighted by atomic mass is 9.99. The van der Waals surface area contributed by atoms with Crippen LogP contribution in [0, 0.1) is 11.8 Å². The molecule has 40 heavy (non-hydrogen) atoms. The molecule has 11 heteroatoms. The van der Waals surface area contributed by atoms with Crippen molar-refractivity contribution in [2.45, 2.75) is 71.7 Å². The number of phenols is 1. The van der Waals surface area contributed by atoms with Crippen LogP contribution in [0.2, 0.25) is 0 Å². The maximum Gasteiger partial charge on any atom is 0.408 e. The molecular formula is C29H37Br2N3O6. The Morgan fingerprint density at radius 2 is 1.38 bits per heavy atom. The first-order valence-corrected chi connectivity index (χ1v) is 14.7. The minimum absolute atomic E-state index is 0.0312. The summed E-state index contributed by atoms with van der Waals surface area (Å²) in [5.74, 6) is -0.858. The lowest BCUT2D eigenvalue weighted by Crippen LogP contribution is -2.55. The van der Waals surface area contributed by atoms with Gasteiger partial charge in [-0.05, 0) is 86.2 Å². The van der Waals surface area contributed by atoms with Gasteiger partial charge in [0.25, 0.3) is 0 Å². The molecule has 0 aliphatic carbocycles. The third-order valence-electron chi connectivity index (χ3n) is 5.89. The molecule has 0 heterocycles. The molecule has 3 unspecified atom stereocenters. The summed E-state index contributed by atoms with van der Waals surface area (Å²) >= 11 is 6.53. The van der Waals surface area contributed by atoms with E-state index in [0.717, 1.165) is 5.56 Å². The van der Waals surface area contributed by atoms with Crippen LogP contribution in [0.4, 0.5) is 4.79 Å². The maximum absolute atomic E-state index is 13.3. The molecule has 0 aliphatic rings. The van der Waals surface area contributed by atoms with Crippen molar-refractivity contribution in [3.05, 3.63) is 62.5 Å². The topological polar surface area (TPSA) is 134 Å². The third kappa shape index (κ3) is 11.3. The number of halogens is 2. The van der Waals surface area contributed by atoms with E-state index >= 15 is 0 Å². The fourth-order valence-electron chi connectivity index (χ4n) is 3.99. The summed E-state index contributed by atoms with van der Waals surface area (Å²) in [4.78, 5) is 50.8. The number of aldehydes is 1. The molecule has 0 fully saturated rings. The zero-order valence-corrected chi connectivity index (χ0v) is 26.3. The number of hydrogen-bond donors (Lipinski definition) is 4. The number of hydrogen-bond acceptors (Lipinski definition) is 6. The lowest BCUT2D eigenvalue weighted by molar-refractivity contribution is -0.131. The minimum atomic E-state index is -0.926. The van der Waals surface area contributed by atoms with Crippen LogP contribution in [-0.2, 0) is 32.1 Å². The Labute approximate surface area is 252 Å². The molecule has 3 amide bonds. The van der Waals surface area contributed by atoms with Crippen LogP contribution in [0.15, 0.2) is 51.4 Å². The van der Waals surface area contributed by atoms with Crippen molar-refractivity contribution >= 4 is 56.1 Å². The van der Waals surface area contributed by atoms with E-state index < -0.39 is 36.0 Å². The number of carbonyl (C=O) groups is 4. The van der Waals surface area contributed by atoms with Crippen molar-refractivity contribution in [1.29, 1.82) is 0 Å². The number of amides is 3.